The van der Waals surface area contributed by atoms with Gasteiger partial charge in [0.1, 0.15) is 5.84 Å². The lowest BCUT2D eigenvalue weighted by atomic mass is 9.95. The molecule has 0 bridgehead atoms. The number of aliphatic imine (C=N–C) groups is 1. The molecule has 2 aromatic heterocycles. The molecule has 1 aliphatic rings. The molecule has 10 aromatic carbocycles. The molecule has 5 nitrogen and oxygen atoms in total. The van der Waals surface area contributed by atoms with Gasteiger partial charge in [-0.25, -0.2) is 4.99 Å². The number of fused-ring (bicyclic) bond motifs is 10. The van der Waals surface area contributed by atoms with Crippen LogP contribution in [-0.4, -0.2) is 15.0 Å². The van der Waals surface area contributed by atoms with Crippen molar-refractivity contribution in [3.63, 3.8) is 0 Å². The van der Waals surface area contributed by atoms with E-state index in [1.807, 2.05) is 0 Å². The maximum absolute atomic E-state index is 5.46. The van der Waals surface area contributed by atoms with Gasteiger partial charge in [-0.1, -0.05) is 152 Å². The van der Waals surface area contributed by atoms with Crippen LogP contribution in [-0.2, 0) is 0 Å². The van der Waals surface area contributed by atoms with Gasteiger partial charge in [-0.3, -0.25) is 5.32 Å². The van der Waals surface area contributed by atoms with E-state index < -0.39 is 0 Å². The van der Waals surface area contributed by atoms with Gasteiger partial charge >= 0.3 is 0 Å². The summed E-state index contributed by atoms with van der Waals surface area (Å²) in [5.74, 6) is 0.895. The Morgan fingerprint density at radius 2 is 0.968 bits per heavy atom. The van der Waals surface area contributed by atoms with Crippen LogP contribution in [0.1, 0.15) is 29.0 Å². The Balaban J connectivity index is 0.991. The van der Waals surface area contributed by atoms with Crippen molar-refractivity contribution < 1.29 is 5.32 Å². The number of hydrogen-bond acceptors (Lipinski definition) is 2. The highest BCUT2D eigenvalue weighted by Crippen LogP contribution is 2.39. The van der Waals surface area contributed by atoms with Gasteiger partial charge in [0.2, 0.25) is 6.17 Å². The van der Waals surface area contributed by atoms with Crippen LogP contribution in [0.4, 0.5) is 0 Å². The van der Waals surface area contributed by atoms with Crippen LogP contribution < -0.4 is 10.6 Å². The summed E-state index contributed by atoms with van der Waals surface area (Å²) in [5.41, 5.74) is 10.5. The zero-order valence-corrected chi connectivity index (χ0v) is 33.8. The molecule has 0 spiro atoms. The van der Waals surface area contributed by atoms with Crippen LogP contribution in [0.5, 0.6) is 0 Å². The molecular formula is C57H40N5+. The number of aromatic nitrogens is 2. The maximum atomic E-state index is 5.46. The van der Waals surface area contributed by atoms with Crippen molar-refractivity contribution in [1.82, 2.24) is 14.5 Å². The molecule has 2 unspecified atom stereocenters. The van der Waals surface area contributed by atoms with Crippen molar-refractivity contribution >= 4 is 81.8 Å². The van der Waals surface area contributed by atoms with Crippen molar-refractivity contribution in [1.29, 1.82) is 0 Å². The Kier molecular flexibility index (Phi) is 7.74. The van der Waals surface area contributed by atoms with Crippen LogP contribution in [0.2, 0.25) is 0 Å². The SMILES string of the molecule is c1ccc(C2=NC(c3cccc(-n4c5ccc(-n6c7ccccc7c7ccccc76)cc5c5cc6ccccc6cc54)c3)[NH2+]C(c3cc4ccccc4c4ccccc34)N2)cc1. The number of rotatable bonds is 5. The number of quaternary nitrogens is 1. The molecule has 3 N–H and O–H groups in total. The van der Waals surface area contributed by atoms with Gasteiger partial charge in [-0.05, 0) is 93.0 Å². The minimum atomic E-state index is -0.197. The lowest BCUT2D eigenvalue weighted by Crippen LogP contribution is -2.90. The second kappa shape index (κ2) is 13.8. The molecule has 12 aromatic rings. The first-order chi connectivity index (χ1) is 30.7. The molecule has 0 fully saturated rings. The molecule has 3 heterocycles. The molecule has 1 aliphatic heterocycles. The largest absolute Gasteiger partial charge is 0.317 e. The summed E-state index contributed by atoms with van der Waals surface area (Å²) >= 11 is 0. The number of nitrogens with one attached hydrogen (secondary N) is 1. The molecule has 0 radical (unpaired) electrons. The van der Waals surface area contributed by atoms with E-state index in [2.05, 4.69) is 232 Å². The lowest BCUT2D eigenvalue weighted by molar-refractivity contribution is -0.739. The van der Waals surface area contributed by atoms with E-state index in [9.17, 15) is 0 Å². The third-order valence-corrected chi connectivity index (χ3v) is 13.0. The van der Waals surface area contributed by atoms with E-state index in [0.717, 1.165) is 28.3 Å². The molecule has 0 saturated carbocycles. The highest BCUT2D eigenvalue weighted by Gasteiger charge is 2.31. The highest BCUT2D eigenvalue weighted by atomic mass is 15.3. The number of nitrogens with two attached hydrogens (primary N) is 1. The fourth-order valence-electron chi connectivity index (χ4n) is 10.2. The number of amidine groups is 1. The minimum absolute atomic E-state index is 0.0789. The van der Waals surface area contributed by atoms with Gasteiger partial charge in [0.05, 0.1) is 22.1 Å². The fourth-order valence-corrected chi connectivity index (χ4v) is 10.2. The highest BCUT2D eigenvalue weighted by molar-refractivity contribution is 6.15. The summed E-state index contributed by atoms with van der Waals surface area (Å²) in [6.45, 7) is 0. The summed E-state index contributed by atoms with van der Waals surface area (Å²) in [7, 11) is 0. The number of hydrogen-bond donors (Lipinski definition) is 2. The van der Waals surface area contributed by atoms with Crippen molar-refractivity contribution in [3.05, 3.63) is 229 Å². The van der Waals surface area contributed by atoms with E-state index >= 15 is 0 Å². The van der Waals surface area contributed by atoms with Gasteiger partial charge in [0, 0.05) is 49.6 Å². The second-order valence-electron chi connectivity index (χ2n) is 16.6. The summed E-state index contributed by atoms with van der Waals surface area (Å²) < 4.78 is 4.87. The molecule has 0 aliphatic carbocycles. The number of para-hydroxylation sites is 2. The van der Waals surface area contributed by atoms with Crippen LogP contribution in [0.25, 0.3) is 87.3 Å². The maximum Gasteiger partial charge on any atom is 0.209 e. The summed E-state index contributed by atoms with van der Waals surface area (Å²) in [5, 5.41) is 18.7. The topological polar surface area (TPSA) is 50.9 Å². The lowest BCUT2D eigenvalue weighted by Gasteiger charge is -2.30. The first-order valence-electron chi connectivity index (χ1n) is 21.4. The van der Waals surface area contributed by atoms with Crippen LogP contribution >= 0.6 is 0 Å². The minimum Gasteiger partial charge on any atom is -0.317 e. The third kappa shape index (κ3) is 5.42. The van der Waals surface area contributed by atoms with Crippen LogP contribution in [0.15, 0.2) is 217 Å². The summed E-state index contributed by atoms with van der Waals surface area (Å²) in [4.78, 5) is 5.46. The molecule has 13 rings (SSSR count). The van der Waals surface area contributed by atoms with E-state index in [0.29, 0.717) is 0 Å². The molecule has 0 amide bonds. The molecular weight excluding hydrogens is 755 g/mol. The van der Waals surface area contributed by atoms with Gasteiger partial charge in [0.15, 0.2) is 6.17 Å². The van der Waals surface area contributed by atoms with E-state index in [-0.39, 0.29) is 12.3 Å². The van der Waals surface area contributed by atoms with Crippen LogP contribution in [0, 0.1) is 0 Å². The monoisotopic (exact) mass is 794 g/mol. The Morgan fingerprint density at radius 3 is 1.74 bits per heavy atom. The average Bonchev–Trinajstić information content (AvgIpc) is 3.85. The molecule has 0 saturated heterocycles. The van der Waals surface area contributed by atoms with Crippen molar-refractivity contribution in [3.8, 4) is 11.4 Å². The molecule has 62 heavy (non-hydrogen) atoms. The third-order valence-electron chi connectivity index (χ3n) is 13.0. The summed E-state index contributed by atoms with van der Waals surface area (Å²) in [6.07, 6.45) is -0.276. The zero-order valence-electron chi connectivity index (χ0n) is 33.8. The second-order valence-corrected chi connectivity index (χ2v) is 16.6. The predicted octanol–water partition coefficient (Wildman–Crippen LogP) is 12.7. The first kappa shape index (κ1) is 34.8. The smallest absolute Gasteiger partial charge is 0.209 e. The molecule has 5 heteroatoms. The number of benzene rings is 10. The van der Waals surface area contributed by atoms with Gasteiger partial charge < -0.3 is 14.5 Å². The quantitative estimate of drug-likeness (QED) is 0.168. The van der Waals surface area contributed by atoms with Gasteiger partial charge in [0.25, 0.3) is 0 Å². The Bertz CT molecular complexity index is 3730. The van der Waals surface area contributed by atoms with E-state index in [4.69, 9.17) is 4.99 Å². The van der Waals surface area contributed by atoms with Crippen molar-refractivity contribution in [2.75, 3.05) is 0 Å². The molecule has 2 atom stereocenters. The number of nitrogens with zero attached hydrogens (tertiary/aromatic N) is 3. The van der Waals surface area contributed by atoms with E-state index in [1.165, 1.54) is 81.5 Å². The normalized spacial score (nSPS) is 15.6. The first-order valence-corrected chi connectivity index (χ1v) is 21.4. The Hall–Kier alpha value is -7.99. The van der Waals surface area contributed by atoms with Crippen LogP contribution in [0.3, 0.4) is 0 Å². The fraction of sp³-hybridized carbons (Fsp3) is 0.0351. The van der Waals surface area contributed by atoms with E-state index in [1.54, 1.807) is 0 Å². The Labute approximate surface area is 357 Å². The zero-order chi connectivity index (χ0) is 40.7. The standard InChI is InChI=1S/C57H39N5/c1-2-15-36(16-3-1)55-58-56(60-57(59-55)50-33-39-19-6-7-22-43(39)44-23-8-9-24-45(44)50)40-20-14-21-41(31-40)62-53-30-29-42(35-49(53)48-32-37-17-4-5-18-38(37)34-54(48)62)61-51-27-12-10-25-46(51)47-26-11-13-28-52(47)61/h1-35,56-57,60H,(H,58,59)/p+1. The van der Waals surface area contributed by atoms with Crippen molar-refractivity contribution in [2.24, 2.45) is 4.99 Å². The Morgan fingerprint density at radius 1 is 0.387 bits per heavy atom. The van der Waals surface area contributed by atoms with Gasteiger partial charge in [-0.2, -0.15) is 0 Å². The summed E-state index contributed by atoms with van der Waals surface area (Å²) in [6, 6.07) is 77.4. The van der Waals surface area contributed by atoms with Gasteiger partial charge in [-0.15, -0.1) is 0 Å². The average molecular weight is 795 g/mol. The predicted molar refractivity (Wildman–Crippen MR) is 258 cm³/mol. The molecule has 292 valence electrons. The van der Waals surface area contributed by atoms with Crippen molar-refractivity contribution in [2.45, 2.75) is 12.3 Å².